The second-order valence-electron chi connectivity index (χ2n) is 6.96. The van der Waals surface area contributed by atoms with Gasteiger partial charge in [-0.1, -0.05) is 0 Å². The van der Waals surface area contributed by atoms with Gasteiger partial charge in [-0.3, -0.25) is 9.59 Å². The Morgan fingerprint density at radius 1 is 1.33 bits per heavy atom. The zero-order valence-electron chi connectivity index (χ0n) is 13.0. The molecule has 21 heavy (non-hydrogen) atoms. The lowest BCUT2D eigenvalue weighted by atomic mass is 9.80. The summed E-state index contributed by atoms with van der Waals surface area (Å²) in [6.07, 6.45) is 1.33. The summed E-state index contributed by atoms with van der Waals surface area (Å²) in [7, 11) is 1.34. The molecule has 1 amide bonds. The van der Waals surface area contributed by atoms with Gasteiger partial charge in [0, 0.05) is 18.9 Å². The number of carbonyl (C=O) groups excluding carboxylic acids is 3. The Bertz CT molecular complexity index is 467. The van der Waals surface area contributed by atoms with Crippen LogP contribution in [0.3, 0.4) is 0 Å². The van der Waals surface area contributed by atoms with Crippen molar-refractivity contribution in [3.8, 4) is 0 Å². The Kier molecular flexibility index (Phi) is 4.00. The Morgan fingerprint density at radius 3 is 2.48 bits per heavy atom. The van der Waals surface area contributed by atoms with Crippen LogP contribution in [0.4, 0.5) is 4.79 Å². The van der Waals surface area contributed by atoms with E-state index in [4.69, 9.17) is 9.47 Å². The molecule has 0 aromatic heterocycles. The molecule has 2 rings (SSSR count). The fraction of sp³-hybridized carbons (Fsp3) is 0.800. The summed E-state index contributed by atoms with van der Waals surface area (Å²) < 4.78 is 10.1. The molecule has 6 nitrogen and oxygen atoms in total. The predicted molar refractivity (Wildman–Crippen MR) is 74.6 cm³/mol. The van der Waals surface area contributed by atoms with Gasteiger partial charge in [-0.2, -0.15) is 0 Å². The maximum absolute atomic E-state index is 12.1. The van der Waals surface area contributed by atoms with Crippen LogP contribution in [0.2, 0.25) is 0 Å². The summed E-state index contributed by atoms with van der Waals surface area (Å²) in [4.78, 5) is 35.5. The number of Topliss-reactive ketones (excluding diaryl/α,β-unsaturated/α-hetero) is 1. The Morgan fingerprint density at radius 2 is 2.00 bits per heavy atom. The van der Waals surface area contributed by atoms with Gasteiger partial charge in [0.25, 0.3) is 0 Å². The number of ether oxygens (including phenoxy) is 2. The third-order valence-electron chi connectivity index (χ3n) is 4.16. The Balaban J connectivity index is 1.98. The van der Waals surface area contributed by atoms with E-state index >= 15 is 0 Å². The number of carbonyl (C=O) groups is 3. The standard InChI is InChI=1S/C15H23NO5/c1-14(2,3)21-13(19)16-11-7-10(11)15(12(18)20-4)6-5-9(17)8-15/h10-11H,5-8H2,1-4H3,(H,16,19). The molecule has 0 radical (unpaired) electrons. The molecule has 1 N–H and O–H groups in total. The molecule has 2 aliphatic rings. The van der Waals surface area contributed by atoms with Crippen LogP contribution < -0.4 is 5.32 Å². The highest BCUT2D eigenvalue weighted by Gasteiger charge is 2.61. The lowest BCUT2D eigenvalue weighted by Crippen LogP contribution is -2.39. The van der Waals surface area contributed by atoms with Crippen molar-refractivity contribution >= 4 is 17.8 Å². The van der Waals surface area contributed by atoms with Crippen LogP contribution in [-0.2, 0) is 19.1 Å². The zero-order valence-corrected chi connectivity index (χ0v) is 13.0. The second kappa shape index (κ2) is 5.31. The molecule has 0 heterocycles. The number of hydrogen-bond donors (Lipinski definition) is 1. The van der Waals surface area contributed by atoms with Gasteiger partial charge in [-0.15, -0.1) is 0 Å². The van der Waals surface area contributed by atoms with Crippen molar-refractivity contribution in [1.82, 2.24) is 5.32 Å². The number of esters is 1. The van der Waals surface area contributed by atoms with Gasteiger partial charge in [0.05, 0.1) is 12.5 Å². The highest BCUT2D eigenvalue weighted by Crippen LogP contribution is 2.54. The average molecular weight is 297 g/mol. The number of rotatable bonds is 3. The second-order valence-corrected chi connectivity index (χ2v) is 6.96. The van der Waals surface area contributed by atoms with Crippen molar-refractivity contribution in [3.05, 3.63) is 0 Å². The summed E-state index contributed by atoms with van der Waals surface area (Å²) in [5.41, 5.74) is -1.32. The molecule has 6 heteroatoms. The molecule has 0 aromatic rings. The molecule has 0 saturated heterocycles. The summed E-state index contributed by atoms with van der Waals surface area (Å²) in [6, 6.07) is -0.121. The van der Waals surface area contributed by atoms with Crippen LogP contribution in [0.15, 0.2) is 0 Å². The largest absolute Gasteiger partial charge is 0.469 e. The quantitative estimate of drug-likeness (QED) is 0.803. The molecular weight excluding hydrogens is 274 g/mol. The van der Waals surface area contributed by atoms with Crippen LogP contribution in [0.5, 0.6) is 0 Å². The zero-order chi connectivity index (χ0) is 15.8. The third kappa shape index (κ3) is 3.36. The maximum Gasteiger partial charge on any atom is 0.407 e. The lowest BCUT2D eigenvalue weighted by molar-refractivity contribution is -0.154. The number of alkyl carbamates (subject to hydrolysis) is 1. The minimum absolute atomic E-state index is 0.0380. The van der Waals surface area contributed by atoms with Gasteiger partial charge >= 0.3 is 12.1 Å². The molecule has 0 aliphatic heterocycles. The molecule has 2 saturated carbocycles. The molecule has 0 aromatic carbocycles. The van der Waals surface area contributed by atoms with Crippen molar-refractivity contribution in [3.63, 3.8) is 0 Å². The first-order chi connectivity index (χ1) is 9.68. The molecule has 0 spiro atoms. The predicted octanol–water partition coefficient (Wildman–Crippen LogP) is 1.81. The monoisotopic (exact) mass is 297 g/mol. The van der Waals surface area contributed by atoms with E-state index in [0.717, 1.165) is 0 Å². The van der Waals surface area contributed by atoms with Gasteiger partial charge in [0.15, 0.2) is 0 Å². The van der Waals surface area contributed by atoms with Gasteiger partial charge < -0.3 is 14.8 Å². The van der Waals surface area contributed by atoms with Gasteiger partial charge in [0.2, 0.25) is 0 Å². The summed E-state index contributed by atoms with van der Waals surface area (Å²) in [6.45, 7) is 5.38. The Hall–Kier alpha value is -1.59. The fourth-order valence-corrected chi connectivity index (χ4v) is 3.16. The topological polar surface area (TPSA) is 81.7 Å². The average Bonchev–Trinajstić information content (AvgIpc) is 2.99. The van der Waals surface area contributed by atoms with Crippen LogP contribution >= 0.6 is 0 Å². The third-order valence-corrected chi connectivity index (χ3v) is 4.16. The number of amides is 1. The van der Waals surface area contributed by atoms with E-state index in [-0.39, 0.29) is 30.1 Å². The van der Waals surface area contributed by atoms with Crippen LogP contribution in [-0.4, -0.2) is 36.6 Å². The van der Waals surface area contributed by atoms with E-state index < -0.39 is 17.1 Å². The SMILES string of the molecule is COC(=O)C1(C2CC2NC(=O)OC(C)(C)C)CCC(=O)C1. The van der Waals surface area contributed by atoms with E-state index in [1.807, 2.05) is 0 Å². The van der Waals surface area contributed by atoms with Crippen LogP contribution in [0, 0.1) is 11.3 Å². The minimum atomic E-state index is -0.758. The minimum Gasteiger partial charge on any atom is -0.469 e. The highest BCUT2D eigenvalue weighted by atomic mass is 16.6. The van der Waals surface area contributed by atoms with Gasteiger partial charge in [-0.05, 0) is 39.5 Å². The molecule has 3 unspecified atom stereocenters. The van der Waals surface area contributed by atoms with E-state index in [1.54, 1.807) is 20.8 Å². The van der Waals surface area contributed by atoms with Gasteiger partial charge in [0.1, 0.15) is 11.4 Å². The lowest BCUT2D eigenvalue weighted by Gasteiger charge is -2.25. The molecule has 118 valence electrons. The fourth-order valence-electron chi connectivity index (χ4n) is 3.16. The van der Waals surface area contributed by atoms with Crippen molar-refractivity contribution in [2.75, 3.05) is 7.11 Å². The van der Waals surface area contributed by atoms with Crippen LogP contribution in [0.1, 0.15) is 46.5 Å². The number of nitrogens with one attached hydrogen (secondary N) is 1. The van der Waals surface area contributed by atoms with Crippen molar-refractivity contribution in [1.29, 1.82) is 0 Å². The molecule has 3 atom stereocenters. The maximum atomic E-state index is 12.1. The molecular formula is C15H23NO5. The smallest absolute Gasteiger partial charge is 0.407 e. The molecule has 2 fully saturated rings. The first kappa shape index (κ1) is 15.8. The van der Waals surface area contributed by atoms with E-state index in [0.29, 0.717) is 19.3 Å². The van der Waals surface area contributed by atoms with E-state index in [1.165, 1.54) is 7.11 Å². The highest BCUT2D eigenvalue weighted by molar-refractivity contribution is 5.91. The first-order valence-corrected chi connectivity index (χ1v) is 7.27. The van der Waals surface area contributed by atoms with Crippen molar-refractivity contribution in [2.45, 2.75) is 58.1 Å². The van der Waals surface area contributed by atoms with E-state index in [2.05, 4.69) is 5.32 Å². The summed E-state index contributed by atoms with van der Waals surface area (Å²) in [5, 5.41) is 2.78. The number of hydrogen-bond acceptors (Lipinski definition) is 5. The van der Waals surface area contributed by atoms with E-state index in [9.17, 15) is 14.4 Å². The normalized spacial score (nSPS) is 31.7. The van der Waals surface area contributed by atoms with Crippen molar-refractivity contribution < 1.29 is 23.9 Å². The van der Waals surface area contributed by atoms with Crippen LogP contribution in [0.25, 0.3) is 0 Å². The summed E-state index contributed by atoms with van der Waals surface area (Å²) in [5.74, 6) is -0.293. The molecule has 2 aliphatic carbocycles. The summed E-state index contributed by atoms with van der Waals surface area (Å²) >= 11 is 0. The number of methoxy groups -OCH3 is 1. The molecule has 0 bridgehead atoms. The van der Waals surface area contributed by atoms with Gasteiger partial charge in [-0.25, -0.2) is 4.79 Å². The number of ketones is 1. The first-order valence-electron chi connectivity index (χ1n) is 7.27. The Labute approximate surface area is 124 Å². The van der Waals surface area contributed by atoms with Crippen molar-refractivity contribution in [2.24, 2.45) is 11.3 Å².